The number of H-pyrrole nitrogens is 1. The van der Waals surface area contributed by atoms with E-state index in [1.54, 1.807) is 24.4 Å². The van der Waals surface area contributed by atoms with Crippen molar-refractivity contribution in [2.75, 3.05) is 0 Å². The molecular weight excluding hydrogens is 204 g/mol. The summed E-state index contributed by atoms with van der Waals surface area (Å²) in [7, 11) is 0. The van der Waals surface area contributed by atoms with Gasteiger partial charge in [-0.05, 0) is 18.6 Å². The topological polar surface area (TPSA) is 66.0 Å². The summed E-state index contributed by atoms with van der Waals surface area (Å²) in [5.74, 6) is -0.218. The molecule has 0 saturated heterocycles. The average molecular weight is 216 g/mol. The van der Waals surface area contributed by atoms with Crippen LogP contribution in [-0.2, 0) is 6.42 Å². The number of hydrogen-bond acceptors (Lipinski definition) is 2. The zero-order valence-electron chi connectivity index (χ0n) is 8.90. The van der Waals surface area contributed by atoms with Crippen molar-refractivity contribution in [3.8, 4) is 11.4 Å². The van der Waals surface area contributed by atoms with Crippen molar-refractivity contribution >= 4 is 5.97 Å². The maximum Gasteiger partial charge on any atom is 0.335 e. The van der Waals surface area contributed by atoms with Crippen LogP contribution < -0.4 is 0 Å². The largest absolute Gasteiger partial charge is 0.478 e. The lowest BCUT2D eigenvalue weighted by molar-refractivity contribution is 0.0697. The molecule has 4 heteroatoms. The minimum Gasteiger partial charge on any atom is -0.478 e. The number of carboxylic acid groups (broad SMARTS) is 1. The van der Waals surface area contributed by atoms with Gasteiger partial charge in [-0.25, -0.2) is 9.78 Å². The fraction of sp³-hybridized carbons (Fsp3) is 0.167. The first-order valence-electron chi connectivity index (χ1n) is 5.08. The Hall–Kier alpha value is -2.10. The van der Waals surface area contributed by atoms with Crippen molar-refractivity contribution in [1.82, 2.24) is 9.97 Å². The van der Waals surface area contributed by atoms with E-state index < -0.39 is 5.97 Å². The van der Waals surface area contributed by atoms with Crippen LogP contribution >= 0.6 is 0 Å². The Morgan fingerprint density at radius 1 is 1.50 bits per heavy atom. The van der Waals surface area contributed by atoms with Crippen LogP contribution in [0.25, 0.3) is 11.4 Å². The fourth-order valence-electron chi connectivity index (χ4n) is 1.49. The summed E-state index contributed by atoms with van der Waals surface area (Å²) in [5, 5.41) is 8.88. The third-order valence-corrected chi connectivity index (χ3v) is 2.39. The summed E-state index contributed by atoms with van der Waals surface area (Å²) >= 11 is 0. The van der Waals surface area contributed by atoms with E-state index in [1.165, 1.54) is 0 Å². The van der Waals surface area contributed by atoms with Crippen molar-refractivity contribution in [1.29, 1.82) is 0 Å². The highest BCUT2D eigenvalue weighted by Gasteiger charge is 2.06. The molecule has 0 radical (unpaired) electrons. The van der Waals surface area contributed by atoms with Crippen LogP contribution in [0.15, 0.2) is 30.5 Å². The number of carbonyl (C=O) groups is 1. The van der Waals surface area contributed by atoms with Crippen molar-refractivity contribution in [3.05, 3.63) is 41.7 Å². The standard InChI is InChI=1S/C12H12N2O2/c1-2-10-7-13-11(14-10)8-4-3-5-9(6-8)12(15)16/h3-7H,2H2,1H3,(H,13,14)(H,15,16). The number of carboxylic acids is 1. The van der Waals surface area contributed by atoms with Crippen LogP contribution in [0.4, 0.5) is 0 Å². The van der Waals surface area contributed by atoms with Crippen LogP contribution in [0, 0.1) is 0 Å². The van der Waals surface area contributed by atoms with Crippen molar-refractivity contribution in [3.63, 3.8) is 0 Å². The third kappa shape index (κ3) is 1.95. The van der Waals surface area contributed by atoms with Gasteiger partial charge in [-0.2, -0.15) is 0 Å². The maximum atomic E-state index is 10.8. The molecule has 0 bridgehead atoms. The van der Waals surface area contributed by atoms with Gasteiger partial charge in [-0.15, -0.1) is 0 Å². The highest BCUT2D eigenvalue weighted by atomic mass is 16.4. The molecule has 0 spiro atoms. The average Bonchev–Trinajstić information content (AvgIpc) is 2.77. The van der Waals surface area contributed by atoms with E-state index in [4.69, 9.17) is 5.11 Å². The van der Waals surface area contributed by atoms with Crippen molar-refractivity contribution in [2.24, 2.45) is 0 Å². The van der Waals surface area contributed by atoms with Crippen LogP contribution in [0.5, 0.6) is 0 Å². The predicted molar refractivity (Wildman–Crippen MR) is 60.4 cm³/mol. The molecule has 0 aliphatic heterocycles. The first kappa shape index (κ1) is 10.4. The SMILES string of the molecule is CCc1cnc(-c2cccc(C(=O)O)c2)[nH]1. The van der Waals surface area contributed by atoms with E-state index in [9.17, 15) is 4.79 Å². The molecule has 0 atom stereocenters. The van der Waals surface area contributed by atoms with Crippen molar-refractivity contribution < 1.29 is 9.90 Å². The van der Waals surface area contributed by atoms with Gasteiger partial charge < -0.3 is 10.1 Å². The van der Waals surface area contributed by atoms with E-state index in [-0.39, 0.29) is 5.56 Å². The number of hydrogen-bond donors (Lipinski definition) is 2. The summed E-state index contributed by atoms with van der Waals surface area (Å²) in [6, 6.07) is 6.73. The van der Waals surface area contributed by atoms with Crippen LogP contribution in [-0.4, -0.2) is 21.0 Å². The number of rotatable bonds is 3. The van der Waals surface area contributed by atoms with E-state index in [0.29, 0.717) is 5.82 Å². The van der Waals surface area contributed by atoms with E-state index in [2.05, 4.69) is 9.97 Å². The monoisotopic (exact) mass is 216 g/mol. The van der Waals surface area contributed by atoms with Gasteiger partial charge in [0.05, 0.1) is 5.56 Å². The molecule has 0 aliphatic rings. The number of aryl methyl sites for hydroxylation is 1. The molecule has 2 rings (SSSR count). The van der Waals surface area contributed by atoms with Gasteiger partial charge in [0, 0.05) is 17.5 Å². The molecule has 0 saturated carbocycles. The minimum atomic E-state index is -0.927. The lowest BCUT2D eigenvalue weighted by atomic mass is 10.1. The summed E-state index contributed by atoms with van der Waals surface area (Å²) in [5.41, 5.74) is 2.10. The zero-order chi connectivity index (χ0) is 11.5. The van der Waals surface area contributed by atoms with Gasteiger partial charge >= 0.3 is 5.97 Å². The van der Waals surface area contributed by atoms with E-state index >= 15 is 0 Å². The Morgan fingerprint density at radius 2 is 2.31 bits per heavy atom. The Kier molecular flexibility index (Phi) is 2.72. The van der Waals surface area contributed by atoms with Gasteiger partial charge in [0.1, 0.15) is 5.82 Å². The molecule has 1 heterocycles. The molecule has 2 N–H and O–H groups in total. The number of aromatic carboxylic acids is 1. The lowest BCUT2D eigenvalue weighted by Crippen LogP contribution is -1.96. The normalized spacial score (nSPS) is 10.3. The third-order valence-electron chi connectivity index (χ3n) is 2.39. The van der Waals surface area contributed by atoms with Crippen molar-refractivity contribution in [2.45, 2.75) is 13.3 Å². The van der Waals surface area contributed by atoms with Crippen LogP contribution in [0.2, 0.25) is 0 Å². The van der Waals surface area contributed by atoms with Crippen LogP contribution in [0.1, 0.15) is 23.0 Å². The van der Waals surface area contributed by atoms with Gasteiger partial charge in [0.15, 0.2) is 0 Å². The number of aromatic amines is 1. The molecule has 4 nitrogen and oxygen atoms in total. The van der Waals surface area contributed by atoms with Gasteiger partial charge in [-0.1, -0.05) is 19.1 Å². The molecule has 1 aromatic carbocycles. The number of nitrogens with one attached hydrogen (secondary N) is 1. The number of aromatic nitrogens is 2. The number of imidazole rings is 1. The highest BCUT2D eigenvalue weighted by Crippen LogP contribution is 2.17. The van der Waals surface area contributed by atoms with Crippen LogP contribution in [0.3, 0.4) is 0 Å². The van der Waals surface area contributed by atoms with E-state index in [0.717, 1.165) is 17.7 Å². The Labute approximate surface area is 93.0 Å². The highest BCUT2D eigenvalue weighted by molar-refractivity contribution is 5.89. The summed E-state index contributed by atoms with van der Waals surface area (Å²) in [6.45, 7) is 2.03. The summed E-state index contributed by atoms with van der Waals surface area (Å²) < 4.78 is 0. The van der Waals surface area contributed by atoms with Gasteiger partial charge in [0.2, 0.25) is 0 Å². The first-order valence-corrected chi connectivity index (χ1v) is 5.08. The fourth-order valence-corrected chi connectivity index (χ4v) is 1.49. The summed E-state index contributed by atoms with van der Waals surface area (Å²) in [6.07, 6.45) is 2.65. The second-order valence-corrected chi connectivity index (χ2v) is 3.50. The molecule has 2 aromatic rings. The molecule has 82 valence electrons. The zero-order valence-corrected chi connectivity index (χ0v) is 8.90. The lowest BCUT2D eigenvalue weighted by Gasteiger charge is -1.98. The summed E-state index contributed by atoms with van der Waals surface area (Å²) in [4.78, 5) is 18.2. The molecular formula is C12H12N2O2. The smallest absolute Gasteiger partial charge is 0.335 e. The predicted octanol–water partition coefficient (Wildman–Crippen LogP) is 2.34. The molecule has 0 aliphatic carbocycles. The quantitative estimate of drug-likeness (QED) is 0.827. The molecule has 0 unspecified atom stereocenters. The Bertz CT molecular complexity index is 517. The molecule has 16 heavy (non-hydrogen) atoms. The van der Waals surface area contributed by atoms with Gasteiger partial charge in [-0.3, -0.25) is 0 Å². The Morgan fingerprint density at radius 3 is 2.94 bits per heavy atom. The second-order valence-electron chi connectivity index (χ2n) is 3.50. The number of benzene rings is 1. The molecule has 1 aromatic heterocycles. The number of nitrogens with zero attached hydrogens (tertiary/aromatic N) is 1. The van der Waals surface area contributed by atoms with E-state index in [1.807, 2.05) is 13.0 Å². The van der Waals surface area contributed by atoms with Gasteiger partial charge in [0.25, 0.3) is 0 Å². The molecule has 0 fully saturated rings. The second kappa shape index (κ2) is 4.18. The Balaban J connectivity index is 2.40. The first-order chi connectivity index (χ1) is 7.70. The molecule has 0 amide bonds. The maximum absolute atomic E-state index is 10.8. The minimum absolute atomic E-state index is 0.270.